The number of aliphatic imine (C=N–C) groups is 1. The van der Waals surface area contributed by atoms with E-state index in [1.54, 1.807) is 6.07 Å². The van der Waals surface area contributed by atoms with Crippen LogP contribution in [0.25, 0.3) is 5.69 Å². The van der Waals surface area contributed by atoms with Crippen LogP contribution in [-0.2, 0) is 11.3 Å². The smallest absolute Gasteiger partial charge is 0.221 e. The highest BCUT2D eigenvalue weighted by Crippen LogP contribution is 2.36. The van der Waals surface area contributed by atoms with Crippen LogP contribution in [0, 0.1) is 0 Å². The van der Waals surface area contributed by atoms with Gasteiger partial charge in [-0.15, -0.1) is 10.2 Å². The molecular formula is C21H21ClN6O. The van der Waals surface area contributed by atoms with E-state index in [0.29, 0.717) is 34.2 Å². The summed E-state index contributed by atoms with van der Waals surface area (Å²) >= 11 is 6.81. The van der Waals surface area contributed by atoms with Crippen LogP contribution >= 0.6 is 11.6 Å². The van der Waals surface area contributed by atoms with Crippen LogP contribution in [0.4, 0.5) is 11.4 Å². The quantitative estimate of drug-likeness (QED) is 0.641. The number of benzene rings is 2. The number of nitrogens with one attached hydrogen (secondary N) is 1. The molecule has 1 aliphatic rings. The predicted octanol–water partition coefficient (Wildman–Crippen LogP) is 3.94. The Balaban J connectivity index is 2.03. The number of carbonyl (C=O) groups is 1. The fraction of sp³-hybridized carbons (Fsp3) is 0.238. The molecular weight excluding hydrogens is 388 g/mol. The zero-order chi connectivity index (χ0) is 20.7. The van der Waals surface area contributed by atoms with Crippen LogP contribution in [-0.4, -0.2) is 26.4 Å². The number of fused-ring (bicyclic) bond motifs is 3. The van der Waals surface area contributed by atoms with Gasteiger partial charge in [0.05, 0.1) is 22.1 Å². The summed E-state index contributed by atoms with van der Waals surface area (Å²) in [5.74, 6) is 1.52. The van der Waals surface area contributed by atoms with Crippen molar-refractivity contribution in [2.45, 2.75) is 33.2 Å². The van der Waals surface area contributed by atoms with Gasteiger partial charge in [-0.3, -0.25) is 14.4 Å². The molecule has 2 heterocycles. The van der Waals surface area contributed by atoms with Gasteiger partial charge >= 0.3 is 0 Å². The molecule has 148 valence electrons. The van der Waals surface area contributed by atoms with Crippen molar-refractivity contribution >= 4 is 34.6 Å². The maximum Gasteiger partial charge on any atom is 0.221 e. The Bertz CT molecular complexity index is 1150. The van der Waals surface area contributed by atoms with Crippen molar-refractivity contribution in [3.05, 3.63) is 64.2 Å². The highest BCUT2D eigenvalue weighted by molar-refractivity contribution is 6.39. The molecule has 0 fully saturated rings. The molecule has 0 atom stereocenters. The van der Waals surface area contributed by atoms with Gasteiger partial charge in [-0.05, 0) is 24.3 Å². The van der Waals surface area contributed by atoms with E-state index >= 15 is 0 Å². The summed E-state index contributed by atoms with van der Waals surface area (Å²) in [4.78, 5) is 16.5. The molecule has 2 aromatic carbocycles. The first-order chi connectivity index (χ1) is 13.9. The second-order valence-corrected chi connectivity index (χ2v) is 7.64. The third-order valence-corrected chi connectivity index (χ3v) is 5.11. The van der Waals surface area contributed by atoms with Crippen LogP contribution in [0.1, 0.15) is 49.5 Å². The first-order valence-electron chi connectivity index (χ1n) is 9.32. The lowest BCUT2D eigenvalue weighted by molar-refractivity contribution is -0.114. The molecule has 8 heteroatoms. The molecule has 3 N–H and O–H groups in total. The summed E-state index contributed by atoms with van der Waals surface area (Å²) < 4.78 is 2.01. The molecule has 0 unspecified atom stereocenters. The number of hydrogen-bond donors (Lipinski definition) is 2. The summed E-state index contributed by atoms with van der Waals surface area (Å²) in [6.07, 6.45) is 0. The fourth-order valence-electron chi connectivity index (χ4n) is 3.48. The average molecular weight is 409 g/mol. The lowest BCUT2D eigenvalue weighted by Gasteiger charge is -2.18. The number of carbonyl (C=O) groups excluding carboxylic acids is 1. The lowest BCUT2D eigenvalue weighted by atomic mass is 9.98. The summed E-state index contributed by atoms with van der Waals surface area (Å²) in [5.41, 5.74) is 10.3. The van der Waals surface area contributed by atoms with Crippen molar-refractivity contribution in [2.24, 2.45) is 4.99 Å². The molecule has 4 rings (SSSR count). The van der Waals surface area contributed by atoms with Gasteiger partial charge in [-0.1, -0.05) is 37.6 Å². The van der Waals surface area contributed by atoms with E-state index in [1.165, 1.54) is 6.92 Å². The zero-order valence-corrected chi connectivity index (χ0v) is 17.2. The average Bonchev–Trinajstić information content (AvgIpc) is 3.01. The van der Waals surface area contributed by atoms with E-state index in [4.69, 9.17) is 22.3 Å². The van der Waals surface area contributed by atoms with Gasteiger partial charge in [0.1, 0.15) is 12.4 Å². The Morgan fingerprint density at radius 1 is 1.24 bits per heavy atom. The van der Waals surface area contributed by atoms with Gasteiger partial charge in [-0.25, -0.2) is 0 Å². The molecule has 1 amide bonds. The number of hydrogen-bond acceptors (Lipinski definition) is 5. The van der Waals surface area contributed by atoms with E-state index in [9.17, 15) is 4.79 Å². The third kappa shape index (κ3) is 3.38. The molecule has 0 saturated heterocycles. The number of amides is 1. The normalized spacial score (nSPS) is 12.8. The van der Waals surface area contributed by atoms with Crippen molar-refractivity contribution in [3.8, 4) is 5.69 Å². The minimum absolute atomic E-state index is 0.159. The molecule has 0 radical (unpaired) electrons. The largest absolute Gasteiger partial charge is 0.399 e. The minimum atomic E-state index is -0.198. The third-order valence-electron chi connectivity index (χ3n) is 4.72. The number of halogens is 1. The predicted molar refractivity (Wildman–Crippen MR) is 115 cm³/mol. The summed E-state index contributed by atoms with van der Waals surface area (Å²) in [7, 11) is 0. The lowest BCUT2D eigenvalue weighted by Crippen LogP contribution is -2.14. The van der Waals surface area contributed by atoms with Crippen molar-refractivity contribution in [1.29, 1.82) is 0 Å². The second-order valence-electron chi connectivity index (χ2n) is 7.26. The Hall–Kier alpha value is -3.19. The number of nitrogen functional groups attached to an aromatic ring is 1. The van der Waals surface area contributed by atoms with Gasteiger partial charge in [-0.2, -0.15) is 0 Å². The van der Waals surface area contributed by atoms with Gasteiger partial charge in [0.15, 0.2) is 5.82 Å². The van der Waals surface area contributed by atoms with Crippen LogP contribution in [0.2, 0.25) is 5.02 Å². The Morgan fingerprint density at radius 2 is 2.03 bits per heavy atom. The first-order valence-corrected chi connectivity index (χ1v) is 9.70. The molecule has 29 heavy (non-hydrogen) atoms. The van der Waals surface area contributed by atoms with E-state index in [1.807, 2.05) is 34.9 Å². The topological polar surface area (TPSA) is 98.2 Å². The molecule has 1 aliphatic heterocycles. The number of anilines is 2. The molecule has 3 aromatic rings. The van der Waals surface area contributed by atoms with Crippen molar-refractivity contribution in [2.75, 3.05) is 11.1 Å². The number of nitrogens with two attached hydrogens (primary N) is 1. The zero-order valence-electron chi connectivity index (χ0n) is 16.4. The molecule has 0 spiro atoms. The molecule has 0 bridgehead atoms. The van der Waals surface area contributed by atoms with E-state index in [0.717, 1.165) is 22.9 Å². The van der Waals surface area contributed by atoms with Crippen molar-refractivity contribution in [3.63, 3.8) is 0 Å². The maximum absolute atomic E-state index is 11.7. The summed E-state index contributed by atoms with van der Waals surface area (Å²) in [6.45, 7) is 5.93. The molecule has 0 aliphatic carbocycles. The van der Waals surface area contributed by atoms with Crippen molar-refractivity contribution in [1.82, 2.24) is 14.8 Å². The van der Waals surface area contributed by atoms with Gasteiger partial charge in [0.2, 0.25) is 5.91 Å². The van der Waals surface area contributed by atoms with Crippen LogP contribution in [0.3, 0.4) is 0 Å². The number of rotatable bonds is 3. The monoisotopic (exact) mass is 408 g/mol. The number of aromatic nitrogens is 3. The fourth-order valence-corrected chi connectivity index (χ4v) is 3.78. The molecule has 1 aromatic heterocycles. The highest BCUT2D eigenvalue weighted by Gasteiger charge is 2.27. The summed E-state index contributed by atoms with van der Waals surface area (Å²) in [5, 5.41) is 11.9. The molecule has 0 saturated carbocycles. The van der Waals surface area contributed by atoms with Crippen LogP contribution < -0.4 is 11.1 Å². The van der Waals surface area contributed by atoms with Crippen molar-refractivity contribution < 1.29 is 4.79 Å². The van der Waals surface area contributed by atoms with Gasteiger partial charge < -0.3 is 11.1 Å². The highest BCUT2D eigenvalue weighted by atomic mass is 35.5. The SMILES string of the molecule is CC(=O)Nc1ccc2c(c1Cl)C(c1cccc(N)c1)=NCc1nnc(C(C)C)n1-2. The van der Waals surface area contributed by atoms with Gasteiger partial charge in [0.25, 0.3) is 0 Å². The first kappa shape index (κ1) is 19.1. The minimum Gasteiger partial charge on any atom is -0.399 e. The van der Waals surface area contributed by atoms with Crippen LogP contribution in [0.5, 0.6) is 0 Å². The Morgan fingerprint density at radius 3 is 2.72 bits per heavy atom. The second kappa shape index (κ2) is 7.33. The van der Waals surface area contributed by atoms with E-state index in [-0.39, 0.29) is 11.8 Å². The summed E-state index contributed by atoms with van der Waals surface area (Å²) in [6, 6.07) is 11.2. The Labute approximate surface area is 173 Å². The van der Waals surface area contributed by atoms with Crippen LogP contribution in [0.15, 0.2) is 41.4 Å². The number of nitrogens with zero attached hydrogens (tertiary/aromatic N) is 4. The molecule has 7 nitrogen and oxygen atoms in total. The van der Waals surface area contributed by atoms with E-state index < -0.39 is 0 Å². The Kier molecular flexibility index (Phi) is 4.84. The van der Waals surface area contributed by atoms with Gasteiger partial charge in [0, 0.05) is 29.7 Å². The standard InChI is InChI=1S/C21H21ClN6O/c1-11(2)21-27-26-17-10-24-20(13-5-4-6-14(23)9-13)18-16(28(17)21)8-7-15(19(18)22)25-12(3)29/h4-9,11H,10,23H2,1-3H3,(H,25,29). The maximum atomic E-state index is 11.7. The van der Waals surface area contributed by atoms with E-state index in [2.05, 4.69) is 29.4 Å².